The van der Waals surface area contributed by atoms with E-state index in [1.165, 1.54) is 19.2 Å². The van der Waals surface area contributed by atoms with Gasteiger partial charge < -0.3 is 5.73 Å². The van der Waals surface area contributed by atoms with E-state index in [1.54, 1.807) is 6.07 Å². The number of carbonyl (C=O) groups is 4. The summed E-state index contributed by atoms with van der Waals surface area (Å²) in [4.78, 5) is 49.8. The number of nitrogens with two attached hydrogens (primary N) is 1. The predicted molar refractivity (Wildman–Crippen MR) is 67.5 cm³/mol. The zero-order chi connectivity index (χ0) is 14.6. The Balaban J connectivity index is 2.05. The van der Waals surface area contributed by atoms with Crippen molar-refractivity contribution in [1.82, 2.24) is 9.80 Å². The predicted octanol–water partition coefficient (Wildman–Crippen LogP) is -0.378. The van der Waals surface area contributed by atoms with Crippen LogP contribution in [0.2, 0.25) is 0 Å². The largest absolute Gasteiger partial charge is 0.398 e. The molecule has 0 saturated carbocycles. The van der Waals surface area contributed by atoms with Crippen LogP contribution < -0.4 is 5.73 Å². The Bertz CT molecular complexity index is 682. The third-order valence-corrected chi connectivity index (χ3v) is 3.65. The summed E-state index contributed by atoms with van der Waals surface area (Å²) in [6.45, 7) is 0. The number of fused-ring (bicyclic) bond motifs is 1. The fraction of sp³-hybridized carbons (Fsp3) is 0.231. The van der Waals surface area contributed by atoms with Gasteiger partial charge in [0.2, 0.25) is 5.91 Å². The van der Waals surface area contributed by atoms with Crippen LogP contribution in [0, 0.1) is 0 Å². The molecule has 0 bridgehead atoms. The molecule has 3 rings (SSSR count). The number of nitrogen functional groups attached to an aromatic ring is 1. The normalized spacial score (nSPS) is 21.9. The molecule has 0 aromatic heterocycles. The Morgan fingerprint density at radius 2 is 1.85 bits per heavy atom. The number of rotatable bonds is 1. The summed E-state index contributed by atoms with van der Waals surface area (Å²) in [6, 6.07) is 3.49. The highest BCUT2D eigenvalue weighted by molar-refractivity contribution is 6.26. The van der Waals surface area contributed by atoms with Gasteiger partial charge in [-0.1, -0.05) is 6.07 Å². The van der Waals surface area contributed by atoms with E-state index in [-0.39, 0.29) is 23.2 Å². The topological polar surface area (TPSA) is 101 Å². The van der Waals surface area contributed by atoms with Crippen molar-refractivity contribution >= 4 is 29.3 Å². The smallest absolute Gasteiger partial charge is 0.264 e. The highest BCUT2D eigenvalue weighted by Gasteiger charge is 2.49. The fourth-order valence-electron chi connectivity index (χ4n) is 2.55. The van der Waals surface area contributed by atoms with E-state index < -0.39 is 29.7 Å². The highest BCUT2D eigenvalue weighted by Crippen LogP contribution is 2.31. The number of nitrogens with zero attached hydrogens (tertiary/aromatic N) is 2. The summed E-state index contributed by atoms with van der Waals surface area (Å²) in [7, 11) is 1.33. The van der Waals surface area contributed by atoms with Crippen LogP contribution in [0.15, 0.2) is 18.2 Å². The molecule has 7 heteroatoms. The molecule has 1 atom stereocenters. The van der Waals surface area contributed by atoms with E-state index in [0.29, 0.717) is 0 Å². The van der Waals surface area contributed by atoms with Crippen molar-refractivity contribution in [2.45, 2.75) is 12.5 Å². The number of amides is 4. The minimum Gasteiger partial charge on any atom is -0.398 e. The maximum Gasteiger partial charge on any atom is 0.264 e. The lowest BCUT2D eigenvalue weighted by molar-refractivity contribution is -0.137. The molecule has 1 saturated heterocycles. The lowest BCUT2D eigenvalue weighted by Crippen LogP contribution is -2.44. The van der Waals surface area contributed by atoms with Gasteiger partial charge in [0, 0.05) is 12.7 Å². The average molecular weight is 273 g/mol. The summed E-state index contributed by atoms with van der Waals surface area (Å²) < 4.78 is 0. The van der Waals surface area contributed by atoms with E-state index >= 15 is 0 Å². The molecule has 2 N–H and O–H groups in total. The van der Waals surface area contributed by atoms with Gasteiger partial charge in [0.1, 0.15) is 6.04 Å². The first kappa shape index (κ1) is 12.3. The number of carbonyl (C=O) groups excluding carboxylic acids is 4. The molecule has 20 heavy (non-hydrogen) atoms. The first-order valence-electron chi connectivity index (χ1n) is 6.00. The standard InChI is InChI=1S/C13H11N3O4/c1-15-9(17)5-8(12(15)19)16-11(18)6-3-2-4-7(14)10(6)13(16)20/h2-4,8H,5,14H2,1H3/t8-/m0/s1. The second kappa shape index (κ2) is 3.89. The number of imide groups is 2. The summed E-state index contributed by atoms with van der Waals surface area (Å²) in [5, 5.41) is 0. The van der Waals surface area contributed by atoms with Crippen LogP contribution in [0.1, 0.15) is 27.1 Å². The minimum absolute atomic E-state index is 0.104. The molecule has 1 fully saturated rings. The van der Waals surface area contributed by atoms with Gasteiger partial charge in [0.05, 0.1) is 17.5 Å². The monoisotopic (exact) mass is 273 g/mol. The molecule has 4 amide bonds. The second-order valence-corrected chi connectivity index (χ2v) is 4.76. The van der Waals surface area contributed by atoms with Crippen LogP contribution in [-0.4, -0.2) is 46.5 Å². The minimum atomic E-state index is -1.07. The van der Waals surface area contributed by atoms with Crippen LogP contribution in [0.4, 0.5) is 5.69 Å². The maximum absolute atomic E-state index is 12.3. The van der Waals surface area contributed by atoms with Gasteiger partial charge in [-0.05, 0) is 12.1 Å². The van der Waals surface area contributed by atoms with Gasteiger partial charge in [-0.3, -0.25) is 29.0 Å². The highest BCUT2D eigenvalue weighted by atomic mass is 16.2. The molecule has 102 valence electrons. The number of likely N-dealkylation sites (tertiary alicyclic amines) is 1. The quantitative estimate of drug-likeness (QED) is 0.555. The first-order chi connectivity index (χ1) is 9.43. The number of likely N-dealkylation sites (N-methyl/N-ethyl adjacent to an activating group) is 1. The Labute approximate surface area is 113 Å². The number of benzene rings is 1. The summed E-state index contributed by atoms with van der Waals surface area (Å²) in [5.41, 5.74) is 6.18. The number of anilines is 1. The van der Waals surface area contributed by atoms with E-state index in [9.17, 15) is 19.2 Å². The van der Waals surface area contributed by atoms with Gasteiger partial charge in [-0.2, -0.15) is 0 Å². The zero-order valence-corrected chi connectivity index (χ0v) is 10.6. The van der Waals surface area contributed by atoms with E-state index in [1.807, 2.05) is 0 Å². The van der Waals surface area contributed by atoms with Crippen molar-refractivity contribution in [3.8, 4) is 0 Å². The van der Waals surface area contributed by atoms with E-state index in [2.05, 4.69) is 0 Å². The molecule has 0 spiro atoms. The SMILES string of the molecule is CN1C(=O)C[C@H](N2C(=O)c3cccc(N)c3C2=O)C1=O. The van der Waals surface area contributed by atoms with Crippen LogP contribution in [0.3, 0.4) is 0 Å². The Morgan fingerprint density at radius 3 is 2.40 bits per heavy atom. The van der Waals surface area contributed by atoms with Gasteiger partial charge in [-0.15, -0.1) is 0 Å². The van der Waals surface area contributed by atoms with Crippen molar-refractivity contribution in [3.63, 3.8) is 0 Å². The van der Waals surface area contributed by atoms with E-state index in [0.717, 1.165) is 9.80 Å². The summed E-state index contributed by atoms with van der Waals surface area (Å²) in [6.07, 6.45) is -0.180. The molecule has 1 aromatic rings. The molecular formula is C13H11N3O4. The summed E-state index contributed by atoms with van der Waals surface area (Å²) in [5.74, 6) is -2.17. The van der Waals surface area contributed by atoms with Gasteiger partial charge in [0.15, 0.2) is 0 Å². The van der Waals surface area contributed by atoms with Gasteiger partial charge >= 0.3 is 0 Å². The molecule has 2 heterocycles. The van der Waals surface area contributed by atoms with Crippen LogP contribution in [0.25, 0.3) is 0 Å². The second-order valence-electron chi connectivity index (χ2n) is 4.76. The third kappa shape index (κ3) is 1.40. The van der Waals surface area contributed by atoms with Crippen molar-refractivity contribution in [2.24, 2.45) is 0 Å². The Kier molecular flexibility index (Phi) is 2.40. The molecule has 0 unspecified atom stereocenters. The average Bonchev–Trinajstić information content (AvgIpc) is 2.81. The number of hydrogen-bond donors (Lipinski definition) is 1. The lowest BCUT2D eigenvalue weighted by atomic mass is 10.1. The first-order valence-corrected chi connectivity index (χ1v) is 6.00. The molecule has 0 radical (unpaired) electrons. The Hall–Kier alpha value is -2.70. The fourth-order valence-corrected chi connectivity index (χ4v) is 2.55. The van der Waals surface area contributed by atoms with Gasteiger partial charge in [0.25, 0.3) is 17.7 Å². The molecule has 0 aliphatic carbocycles. The van der Waals surface area contributed by atoms with Crippen LogP contribution in [0.5, 0.6) is 0 Å². The molecule has 2 aliphatic rings. The summed E-state index contributed by atoms with van der Waals surface area (Å²) >= 11 is 0. The van der Waals surface area contributed by atoms with E-state index in [4.69, 9.17) is 5.73 Å². The molecular weight excluding hydrogens is 262 g/mol. The third-order valence-electron chi connectivity index (χ3n) is 3.65. The van der Waals surface area contributed by atoms with Crippen molar-refractivity contribution in [1.29, 1.82) is 0 Å². The Morgan fingerprint density at radius 1 is 1.15 bits per heavy atom. The van der Waals surface area contributed by atoms with Crippen molar-refractivity contribution in [3.05, 3.63) is 29.3 Å². The molecule has 2 aliphatic heterocycles. The van der Waals surface area contributed by atoms with Crippen LogP contribution in [-0.2, 0) is 9.59 Å². The molecule has 1 aromatic carbocycles. The van der Waals surface area contributed by atoms with Crippen molar-refractivity contribution < 1.29 is 19.2 Å². The zero-order valence-electron chi connectivity index (χ0n) is 10.6. The number of hydrogen-bond acceptors (Lipinski definition) is 5. The van der Waals surface area contributed by atoms with Crippen LogP contribution >= 0.6 is 0 Å². The lowest BCUT2D eigenvalue weighted by Gasteiger charge is -2.19. The van der Waals surface area contributed by atoms with Gasteiger partial charge in [-0.25, -0.2) is 0 Å². The van der Waals surface area contributed by atoms with Crippen molar-refractivity contribution in [2.75, 3.05) is 12.8 Å². The molecule has 7 nitrogen and oxygen atoms in total. The maximum atomic E-state index is 12.3.